The summed E-state index contributed by atoms with van der Waals surface area (Å²) in [6.07, 6.45) is -10.3. The van der Waals surface area contributed by atoms with E-state index in [1.54, 1.807) is 0 Å². The van der Waals surface area contributed by atoms with E-state index in [2.05, 4.69) is 0 Å². The lowest BCUT2D eigenvalue weighted by atomic mass is 10.1. The van der Waals surface area contributed by atoms with Crippen LogP contribution in [0.1, 0.15) is 11.1 Å². The largest absolute Gasteiger partial charge is 0.416 e. The fourth-order valence-electron chi connectivity index (χ4n) is 1.84. The first-order chi connectivity index (χ1) is 11.3. The van der Waals surface area contributed by atoms with Crippen molar-refractivity contribution in [1.82, 2.24) is 0 Å². The highest BCUT2D eigenvalue weighted by molar-refractivity contribution is 7.85. The Balaban J connectivity index is 2.63. The fourth-order valence-corrected chi connectivity index (χ4v) is 3.00. The van der Waals surface area contributed by atoms with E-state index in [1.165, 1.54) is 0 Å². The van der Waals surface area contributed by atoms with E-state index in [1.807, 2.05) is 0 Å². The minimum absolute atomic E-state index is 0.148. The first kappa shape index (κ1) is 19.2. The molecule has 0 aliphatic carbocycles. The quantitative estimate of drug-likeness (QED) is 0.595. The Hall–Kier alpha value is -2.17. The molecule has 0 fully saturated rings. The molecule has 11 heteroatoms. The summed E-state index contributed by atoms with van der Waals surface area (Å²) in [5.41, 5.74) is 0.704. The van der Waals surface area contributed by atoms with E-state index in [4.69, 9.17) is 5.73 Å². The van der Waals surface area contributed by atoms with Gasteiger partial charge in [0.2, 0.25) is 0 Å². The molecule has 2 rings (SSSR count). The van der Waals surface area contributed by atoms with Gasteiger partial charge < -0.3 is 5.73 Å². The van der Waals surface area contributed by atoms with Crippen LogP contribution < -0.4 is 5.73 Å². The minimum Gasteiger partial charge on any atom is -0.394 e. The average Bonchev–Trinajstić information content (AvgIpc) is 2.49. The van der Waals surface area contributed by atoms with Gasteiger partial charge in [-0.15, -0.1) is 0 Å². The predicted octanol–water partition coefficient (Wildman–Crippen LogP) is 4.75. The Bertz CT molecular complexity index is 788. The van der Waals surface area contributed by atoms with Gasteiger partial charge in [0.15, 0.2) is 0 Å². The second-order valence-electron chi connectivity index (χ2n) is 4.81. The van der Waals surface area contributed by atoms with Crippen molar-refractivity contribution in [1.29, 1.82) is 0 Å². The second kappa shape index (κ2) is 6.28. The van der Waals surface area contributed by atoms with Gasteiger partial charge in [0.05, 0.1) is 21.9 Å². The van der Waals surface area contributed by atoms with E-state index < -0.39 is 61.4 Å². The molecule has 1 atom stereocenters. The molecule has 2 aromatic rings. The Morgan fingerprint density at radius 3 is 1.44 bits per heavy atom. The summed E-state index contributed by atoms with van der Waals surface area (Å²) in [5.74, 6) is -2.68. The highest BCUT2D eigenvalue weighted by Gasteiger charge is 2.37. The van der Waals surface area contributed by atoms with Crippen LogP contribution in [0, 0.1) is 11.6 Å². The van der Waals surface area contributed by atoms with Crippen LogP contribution in [0.2, 0.25) is 0 Å². The first-order valence-corrected chi connectivity index (χ1v) is 7.41. The van der Waals surface area contributed by atoms with Crippen molar-refractivity contribution in [2.75, 3.05) is 5.73 Å². The van der Waals surface area contributed by atoms with Crippen LogP contribution in [-0.2, 0) is 23.2 Å². The second-order valence-corrected chi connectivity index (χ2v) is 6.29. The molecular weight excluding hydrogens is 382 g/mol. The molecule has 0 bridgehead atoms. The molecule has 0 aromatic heterocycles. The average molecular weight is 389 g/mol. The van der Waals surface area contributed by atoms with Gasteiger partial charge in [-0.05, 0) is 30.3 Å². The summed E-state index contributed by atoms with van der Waals surface area (Å²) < 4.78 is 116. The number of alkyl halides is 6. The lowest BCUT2D eigenvalue weighted by Crippen LogP contribution is -2.12. The normalized spacial score (nSPS) is 13.8. The topological polar surface area (TPSA) is 43.1 Å². The van der Waals surface area contributed by atoms with Gasteiger partial charge >= 0.3 is 12.4 Å². The number of hydrogen-bond donors (Lipinski definition) is 1. The zero-order valence-corrected chi connectivity index (χ0v) is 12.6. The van der Waals surface area contributed by atoms with Crippen LogP contribution >= 0.6 is 0 Å². The summed E-state index contributed by atoms with van der Waals surface area (Å²) in [6, 6.07) is 1.24. The molecule has 0 saturated carbocycles. The summed E-state index contributed by atoms with van der Waals surface area (Å²) in [4.78, 5) is -1.58. The zero-order valence-electron chi connectivity index (χ0n) is 11.8. The molecule has 136 valence electrons. The van der Waals surface area contributed by atoms with Crippen LogP contribution in [0.25, 0.3) is 0 Å². The minimum atomic E-state index is -5.14. The third kappa shape index (κ3) is 4.09. The molecule has 0 heterocycles. The van der Waals surface area contributed by atoms with Crippen molar-refractivity contribution in [2.24, 2.45) is 0 Å². The molecular formula is C14H7F8NOS. The Labute approximate surface area is 137 Å². The van der Waals surface area contributed by atoms with Gasteiger partial charge in [-0.1, -0.05) is 0 Å². The number of benzene rings is 2. The van der Waals surface area contributed by atoms with E-state index in [9.17, 15) is 39.3 Å². The van der Waals surface area contributed by atoms with Crippen LogP contribution in [0.5, 0.6) is 0 Å². The van der Waals surface area contributed by atoms with Gasteiger partial charge in [-0.2, -0.15) is 26.3 Å². The Morgan fingerprint density at radius 2 is 1.08 bits per heavy atom. The number of hydrogen-bond acceptors (Lipinski definition) is 2. The third-order valence-electron chi connectivity index (χ3n) is 3.04. The van der Waals surface area contributed by atoms with Crippen molar-refractivity contribution in [3.05, 3.63) is 53.1 Å². The van der Waals surface area contributed by atoms with Crippen LogP contribution in [0.3, 0.4) is 0 Å². The summed E-state index contributed by atoms with van der Waals surface area (Å²) in [6.45, 7) is 0. The summed E-state index contributed by atoms with van der Waals surface area (Å²) >= 11 is 0. The molecule has 1 unspecified atom stereocenters. The molecule has 0 aliphatic rings. The lowest BCUT2D eigenvalue weighted by molar-refractivity contribution is -0.143. The van der Waals surface area contributed by atoms with Crippen molar-refractivity contribution in [3.63, 3.8) is 0 Å². The molecule has 25 heavy (non-hydrogen) atoms. The van der Waals surface area contributed by atoms with Gasteiger partial charge in [0.1, 0.15) is 17.3 Å². The van der Waals surface area contributed by atoms with E-state index >= 15 is 0 Å². The van der Waals surface area contributed by atoms with Gasteiger partial charge in [0.25, 0.3) is 0 Å². The van der Waals surface area contributed by atoms with E-state index in [0.29, 0.717) is 12.1 Å². The predicted molar refractivity (Wildman–Crippen MR) is 71.9 cm³/mol. The molecule has 0 aliphatic heterocycles. The monoisotopic (exact) mass is 389 g/mol. The Morgan fingerprint density at radius 1 is 0.720 bits per heavy atom. The van der Waals surface area contributed by atoms with Crippen LogP contribution in [0.15, 0.2) is 40.1 Å². The molecule has 0 saturated heterocycles. The number of rotatable bonds is 2. The number of nitrogen functional groups attached to an aromatic ring is 1. The third-order valence-corrected chi connectivity index (χ3v) is 4.37. The number of halogens is 8. The standard InChI is InChI=1S/C14H7F8NOS/c15-10-4-9(5-11(16)12(10)23)25(24)8-2-6(13(17,18)19)1-7(3-8)14(20,21)22/h1-5H,23H2. The molecule has 2 nitrogen and oxygen atoms in total. The maximum atomic E-state index is 13.4. The molecule has 0 spiro atoms. The molecule has 0 radical (unpaired) electrons. The maximum Gasteiger partial charge on any atom is 0.416 e. The first-order valence-electron chi connectivity index (χ1n) is 6.26. The van der Waals surface area contributed by atoms with Crippen molar-refractivity contribution < 1.29 is 39.3 Å². The van der Waals surface area contributed by atoms with Crippen molar-refractivity contribution in [2.45, 2.75) is 22.1 Å². The van der Waals surface area contributed by atoms with E-state index in [0.717, 1.165) is 0 Å². The highest BCUT2D eigenvalue weighted by Crippen LogP contribution is 2.37. The van der Waals surface area contributed by atoms with Crippen molar-refractivity contribution in [3.8, 4) is 0 Å². The lowest BCUT2D eigenvalue weighted by Gasteiger charge is -2.14. The SMILES string of the molecule is Nc1c(F)cc(S(=O)c2cc(C(F)(F)F)cc(C(F)(F)F)c2)cc1F. The molecule has 2 N–H and O–H groups in total. The van der Waals surface area contributed by atoms with Crippen molar-refractivity contribution >= 4 is 16.5 Å². The van der Waals surface area contributed by atoms with Gasteiger partial charge in [-0.3, -0.25) is 0 Å². The number of nitrogens with two attached hydrogens (primary N) is 1. The molecule has 0 amide bonds. The van der Waals surface area contributed by atoms with Crippen LogP contribution in [0.4, 0.5) is 40.8 Å². The van der Waals surface area contributed by atoms with Gasteiger partial charge in [0, 0.05) is 9.79 Å². The molecule has 2 aromatic carbocycles. The summed E-state index contributed by atoms with van der Waals surface area (Å²) in [7, 11) is -2.70. The zero-order chi connectivity index (χ0) is 19.2. The Kier molecular flexibility index (Phi) is 4.81. The fraction of sp³-hybridized carbons (Fsp3) is 0.143. The summed E-state index contributed by atoms with van der Waals surface area (Å²) in [5, 5.41) is 0. The van der Waals surface area contributed by atoms with Gasteiger partial charge in [-0.25, -0.2) is 13.0 Å². The van der Waals surface area contributed by atoms with Crippen LogP contribution in [-0.4, -0.2) is 4.21 Å². The van der Waals surface area contributed by atoms with E-state index in [-0.39, 0.29) is 18.2 Å². The number of anilines is 1. The maximum absolute atomic E-state index is 13.4. The smallest absolute Gasteiger partial charge is 0.394 e. The highest BCUT2D eigenvalue weighted by atomic mass is 32.2.